The first-order valence-corrected chi connectivity index (χ1v) is 6.80. The molecule has 0 aromatic heterocycles. The molecule has 1 aliphatic heterocycles. The second kappa shape index (κ2) is 4.95. The Bertz CT molecular complexity index is 666. The Labute approximate surface area is 121 Å². The SMILES string of the molecule is CC1(c2cc(F)cc(F)c2)CC(=O)NC1c1ccccc1. The lowest BCUT2D eigenvalue weighted by Crippen LogP contribution is -2.30. The van der Waals surface area contributed by atoms with Crippen molar-refractivity contribution >= 4 is 5.91 Å². The minimum absolute atomic E-state index is 0.115. The average Bonchev–Trinajstić information content (AvgIpc) is 2.75. The Morgan fingerprint density at radius 1 is 1.10 bits per heavy atom. The van der Waals surface area contributed by atoms with Crippen LogP contribution in [0.2, 0.25) is 0 Å². The smallest absolute Gasteiger partial charge is 0.221 e. The van der Waals surface area contributed by atoms with Gasteiger partial charge in [0.05, 0.1) is 6.04 Å². The molecule has 1 N–H and O–H groups in total. The van der Waals surface area contributed by atoms with Gasteiger partial charge >= 0.3 is 0 Å². The van der Waals surface area contributed by atoms with E-state index in [-0.39, 0.29) is 18.4 Å². The molecular formula is C17H15F2NO. The first kappa shape index (κ1) is 13.7. The van der Waals surface area contributed by atoms with Gasteiger partial charge in [-0.3, -0.25) is 4.79 Å². The third-order valence-electron chi connectivity index (χ3n) is 4.13. The predicted molar refractivity (Wildman–Crippen MR) is 75.7 cm³/mol. The quantitative estimate of drug-likeness (QED) is 0.900. The number of amides is 1. The van der Waals surface area contributed by atoms with Gasteiger partial charge in [-0.2, -0.15) is 0 Å². The summed E-state index contributed by atoms with van der Waals surface area (Å²) in [6, 6.07) is 12.6. The fourth-order valence-electron chi connectivity index (χ4n) is 3.06. The van der Waals surface area contributed by atoms with E-state index in [0.717, 1.165) is 11.6 Å². The molecule has 0 radical (unpaired) electrons. The van der Waals surface area contributed by atoms with E-state index in [1.807, 2.05) is 37.3 Å². The van der Waals surface area contributed by atoms with Crippen molar-refractivity contribution in [2.45, 2.75) is 24.8 Å². The molecular weight excluding hydrogens is 272 g/mol. The molecule has 0 spiro atoms. The second-order valence-electron chi connectivity index (χ2n) is 5.66. The largest absolute Gasteiger partial charge is 0.348 e. The van der Waals surface area contributed by atoms with Crippen LogP contribution in [0.3, 0.4) is 0 Å². The molecule has 4 heteroatoms. The first-order valence-electron chi connectivity index (χ1n) is 6.80. The van der Waals surface area contributed by atoms with Crippen LogP contribution in [-0.4, -0.2) is 5.91 Å². The van der Waals surface area contributed by atoms with Crippen molar-refractivity contribution in [2.24, 2.45) is 0 Å². The van der Waals surface area contributed by atoms with E-state index in [1.165, 1.54) is 12.1 Å². The number of carbonyl (C=O) groups is 1. The van der Waals surface area contributed by atoms with Crippen LogP contribution in [0.1, 0.15) is 30.5 Å². The highest BCUT2D eigenvalue weighted by atomic mass is 19.1. The molecule has 2 aromatic rings. The molecule has 1 saturated heterocycles. The van der Waals surface area contributed by atoms with Crippen LogP contribution in [0.15, 0.2) is 48.5 Å². The van der Waals surface area contributed by atoms with Crippen molar-refractivity contribution in [1.29, 1.82) is 0 Å². The maximum absolute atomic E-state index is 13.5. The molecule has 3 rings (SSSR count). The van der Waals surface area contributed by atoms with Gasteiger partial charge in [-0.15, -0.1) is 0 Å². The van der Waals surface area contributed by atoms with Crippen LogP contribution in [0.5, 0.6) is 0 Å². The molecule has 1 aliphatic rings. The number of rotatable bonds is 2. The summed E-state index contributed by atoms with van der Waals surface area (Å²) in [6.07, 6.45) is 0.204. The van der Waals surface area contributed by atoms with Crippen molar-refractivity contribution < 1.29 is 13.6 Å². The minimum atomic E-state index is -0.679. The monoisotopic (exact) mass is 287 g/mol. The van der Waals surface area contributed by atoms with E-state index in [2.05, 4.69) is 5.32 Å². The number of hydrogen-bond acceptors (Lipinski definition) is 1. The standard InChI is InChI=1S/C17H15F2NO/c1-17(12-7-13(18)9-14(19)8-12)10-15(21)20-16(17)11-5-3-2-4-6-11/h2-9,16H,10H2,1H3,(H,20,21). The minimum Gasteiger partial charge on any atom is -0.348 e. The van der Waals surface area contributed by atoms with Gasteiger partial charge in [0.25, 0.3) is 0 Å². The fourth-order valence-corrected chi connectivity index (χ4v) is 3.06. The zero-order chi connectivity index (χ0) is 15.0. The summed E-state index contributed by atoms with van der Waals surface area (Å²) in [7, 11) is 0. The molecule has 0 saturated carbocycles. The molecule has 1 heterocycles. The Morgan fingerprint density at radius 2 is 1.71 bits per heavy atom. The van der Waals surface area contributed by atoms with Crippen molar-refractivity contribution in [1.82, 2.24) is 5.32 Å². The molecule has 2 aromatic carbocycles. The summed E-state index contributed by atoms with van der Waals surface area (Å²) in [5.74, 6) is -1.37. The van der Waals surface area contributed by atoms with Crippen LogP contribution in [0, 0.1) is 11.6 Å². The van der Waals surface area contributed by atoms with E-state index in [9.17, 15) is 13.6 Å². The van der Waals surface area contributed by atoms with E-state index in [0.29, 0.717) is 5.56 Å². The van der Waals surface area contributed by atoms with Gasteiger partial charge in [-0.1, -0.05) is 37.3 Å². The van der Waals surface area contributed by atoms with Gasteiger partial charge in [0.1, 0.15) is 11.6 Å². The van der Waals surface area contributed by atoms with Crippen LogP contribution in [0.25, 0.3) is 0 Å². The highest BCUT2D eigenvalue weighted by Crippen LogP contribution is 2.44. The van der Waals surface area contributed by atoms with Gasteiger partial charge < -0.3 is 5.32 Å². The Balaban J connectivity index is 2.10. The van der Waals surface area contributed by atoms with Crippen molar-refractivity contribution in [3.8, 4) is 0 Å². The van der Waals surface area contributed by atoms with Crippen LogP contribution in [-0.2, 0) is 10.2 Å². The van der Waals surface area contributed by atoms with Crippen LogP contribution in [0.4, 0.5) is 8.78 Å². The zero-order valence-electron chi connectivity index (χ0n) is 11.6. The Hall–Kier alpha value is -2.23. The molecule has 2 atom stereocenters. The number of benzene rings is 2. The maximum Gasteiger partial charge on any atom is 0.221 e. The lowest BCUT2D eigenvalue weighted by Gasteiger charge is -2.31. The molecule has 2 nitrogen and oxygen atoms in total. The van der Waals surface area contributed by atoms with E-state index in [1.54, 1.807) is 0 Å². The van der Waals surface area contributed by atoms with Crippen LogP contribution < -0.4 is 5.32 Å². The summed E-state index contributed by atoms with van der Waals surface area (Å²) in [6.45, 7) is 1.86. The second-order valence-corrected chi connectivity index (χ2v) is 5.66. The average molecular weight is 287 g/mol. The normalized spacial score (nSPS) is 24.9. The molecule has 1 fully saturated rings. The number of carbonyl (C=O) groups excluding carboxylic acids is 1. The Kier molecular flexibility index (Phi) is 3.24. The van der Waals surface area contributed by atoms with Gasteiger partial charge in [0.15, 0.2) is 0 Å². The topological polar surface area (TPSA) is 29.1 Å². The highest BCUT2D eigenvalue weighted by Gasteiger charge is 2.45. The summed E-state index contributed by atoms with van der Waals surface area (Å²) >= 11 is 0. The molecule has 0 aliphatic carbocycles. The summed E-state index contributed by atoms with van der Waals surface area (Å²) in [4.78, 5) is 11.9. The summed E-state index contributed by atoms with van der Waals surface area (Å²) in [5, 5.41) is 2.91. The van der Waals surface area contributed by atoms with Crippen molar-refractivity contribution in [3.63, 3.8) is 0 Å². The van der Waals surface area contributed by atoms with E-state index in [4.69, 9.17) is 0 Å². The maximum atomic E-state index is 13.5. The summed E-state index contributed by atoms with van der Waals surface area (Å²) in [5.41, 5.74) is 0.740. The Morgan fingerprint density at radius 3 is 2.33 bits per heavy atom. The van der Waals surface area contributed by atoms with E-state index < -0.39 is 17.0 Å². The lowest BCUT2D eigenvalue weighted by atomic mass is 9.73. The molecule has 0 bridgehead atoms. The number of nitrogens with one attached hydrogen (secondary N) is 1. The number of halogens is 2. The van der Waals surface area contributed by atoms with Gasteiger partial charge in [0.2, 0.25) is 5.91 Å². The molecule has 21 heavy (non-hydrogen) atoms. The molecule has 2 unspecified atom stereocenters. The van der Waals surface area contributed by atoms with Gasteiger partial charge in [-0.25, -0.2) is 8.78 Å². The fraction of sp³-hybridized carbons (Fsp3) is 0.235. The van der Waals surface area contributed by atoms with Crippen molar-refractivity contribution in [3.05, 3.63) is 71.3 Å². The van der Waals surface area contributed by atoms with Gasteiger partial charge in [-0.05, 0) is 23.3 Å². The van der Waals surface area contributed by atoms with Gasteiger partial charge in [0, 0.05) is 17.9 Å². The van der Waals surface area contributed by atoms with Crippen LogP contribution >= 0.6 is 0 Å². The third-order valence-corrected chi connectivity index (χ3v) is 4.13. The number of hydrogen-bond donors (Lipinski definition) is 1. The third kappa shape index (κ3) is 2.42. The van der Waals surface area contributed by atoms with Crippen molar-refractivity contribution in [2.75, 3.05) is 0 Å². The molecule has 108 valence electrons. The highest BCUT2D eigenvalue weighted by molar-refractivity contribution is 5.82. The predicted octanol–water partition coefficient (Wildman–Crippen LogP) is 3.48. The zero-order valence-corrected chi connectivity index (χ0v) is 11.6. The van der Waals surface area contributed by atoms with E-state index >= 15 is 0 Å². The summed E-state index contributed by atoms with van der Waals surface area (Å²) < 4.78 is 27.1. The first-order chi connectivity index (χ1) is 9.99. The lowest BCUT2D eigenvalue weighted by molar-refractivity contribution is -0.119. The molecule has 1 amide bonds.